The highest BCUT2D eigenvalue weighted by atomic mass is 19.1. The van der Waals surface area contributed by atoms with E-state index >= 15 is 0 Å². The molecule has 1 aromatic heterocycles. The Kier molecular flexibility index (Phi) is 7.99. The Morgan fingerprint density at radius 2 is 1.51 bits per heavy atom. The lowest BCUT2D eigenvalue weighted by Gasteiger charge is -2.13. The Labute approximate surface area is 223 Å². The number of H-pyrrole nitrogens is 1. The van der Waals surface area contributed by atoms with E-state index in [4.69, 9.17) is 18.9 Å². The quantitative estimate of drug-likeness (QED) is 0.246. The number of methoxy groups -OCH3 is 4. The molecule has 0 atom stereocenters. The van der Waals surface area contributed by atoms with Gasteiger partial charge in [0.25, 0.3) is 11.5 Å². The Morgan fingerprint density at radius 3 is 2.05 bits per heavy atom. The zero-order chi connectivity index (χ0) is 28.1. The van der Waals surface area contributed by atoms with Crippen molar-refractivity contribution in [2.45, 2.75) is 6.92 Å². The van der Waals surface area contributed by atoms with E-state index in [2.05, 4.69) is 15.6 Å². The second-order valence-corrected chi connectivity index (χ2v) is 8.26. The van der Waals surface area contributed by atoms with Crippen molar-refractivity contribution < 1.29 is 28.1 Å². The number of benzene rings is 3. The van der Waals surface area contributed by atoms with Crippen LogP contribution in [-0.2, 0) is 0 Å². The molecule has 0 saturated heterocycles. The van der Waals surface area contributed by atoms with Gasteiger partial charge in [-0.1, -0.05) is 0 Å². The molecule has 3 aromatic carbocycles. The second-order valence-electron chi connectivity index (χ2n) is 8.26. The van der Waals surface area contributed by atoms with E-state index in [-0.39, 0.29) is 16.8 Å². The van der Waals surface area contributed by atoms with Gasteiger partial charge in [0.2, 0.25) is 5.75 Å². The number of nitrogens with one attached hydrogen (secondary N) is 2. The maximum Gasteiger partial charge on any atom is 0.281 e. The maximum absolute atomic E-state index is 13.5. The smallest absolute Gasteiger partial charge is 0.281 e. The first-order chi connectivity index (χ1) is 18.8. The Bertz CT molecular complexity index is 1550. The van der Waals surface area contributed by atoms with Gasteiger partial charge in [0.1, 0.15) is 11.6 Å². The summed E-state index contributed by atoms with van der Waals surface area (Å²) in [5.74, 6) is 0.600. The van der Waals surface area contributed by atoms with Gasteiger partial charge >= 0.3 is 0 Å². The van der Waals surface area contributed by atoms with Crippen LogP contribution >= 0.6 is 0 Å². The van der Waals surface area contributed by atoms with Crippen LogP contribution in [0.2, 0.25) is 0 Å². The van der Waals surface area contributed by atoms with E-state index in [1.54, 1.807) is 38.3 Å². The number of hydrogen-bond acceptors (Lipinski definition) is 7. The van der Waals surface area contributed by atoms with Gasteiger partial charge in [-0.05, 0) is 67.6 Å². The van der Waals surface area contributed by atoms with E-state index in [1.807, 2.05) is 0 Å². The molecule has 0 fully saturated rings. The van der Waals surface area contributed by atoms with Gasteiger partial charge in [-0.25, -0.2) is 14.5 Å². The first-order valence-electron chi connectivity index (χ1n) is 11.7. The fourth-order valence-corrected chi connectivity index (χ4v) is 3.98. The van der Waals surface area contributed by atoms with Crippen LogP contribution in [0.3, 0.4) is 0 Å². The zero-order valence-corrected chi connectivity index (χ0v) is 22.0. The van der Waals surface area contributed by atoms with Gasteiger partial charge in [0.05, 0.1) is 51.1 Å². The summed E-state index contributed by atoms with van der Waals surface area (Å²) < 4.78 is 36.0. The summed E-state index contributed by atoms with van der Waals surface area (Å²) in [7, 11) is 5.91. The molecule has 11 heteroatoms. The van der Waals surface area contributed by atoms with Crippen LogP contribution in [0.5, 0.6) is 23.0 Å². The fourth-order valence-electron chi connectivity index (χ4n) is 3.98. The lowest BCUT2D eigenvalue weighted by Crippen LogP contribution is -2.23. The summed E-state index contributed by atoms with van der Waals surface area (Å²) in [6.45, 7) is 1.60. The molecule has 4 aromatic rings. The average molecular weight is 535 g/mol. The molecule has 0 unspecified atom stereocenters. The number of aromatic amines is 1. The third-order valence-electron chi connectivity index (χ3n) is 5.97. The third-order valence-corrected chi connectivity index (χ3v) is 5.97. The predicted octanol–water partition coefficient (Wildman–Crippen LogP) is 4.16. The minimum Gasteiger partial charge on any atom is -0.497 e. The normalized spacial score (nSPS) is 11.2. The van der Waals surface area contributed by atoms with Crippen LogP contribution in [0.1, 0.15) is 22.8 Å². The van der Waals surface area contributed by atoms with Crippen molar-refractivity contribution in [3.05, 3.63) is 88.0 Å². The number of carbonyl (C=O) groups excluding carboxylic acids is 1. The number of nitrogens with zero attached hydrogens (tertiary/aromatic N) is 2. The summed E-state index contributed by atoms with van der Waals surface area (Å²) in [6, 6.07) is 15.5. The number of hydrogen-bond donors (Lipinski definition) is 2. The lowest BCUT2D eigenvalue weighted by molar-refractivity contribution is 0.0954. The standard InChI is InChI=1S/C28H27FN4O6/c1-16(30-31-27(34)18-14-22(37-3)26(39-5)23(15-18)38-4)24-25(17-6-12-21(36-2)13-7-17)32-33(28(24)35)20-10-8-19(29)9-11-20/h6-15,32H,1-5H3,(H,31,34). The molecule has 0 aliphatic heterocycles. The van der Waals surface area contributed by atoms with Crippen molar-refractivity contribution in [3.63, 3.8) is 0 Å². The van der Waals surface area contributed by atoms with Crippen molar-refractivity contribution in [1.82, 2.24) is 15.2 Å². The molecule has 4 rings (SSSR count). The number of halogens is 1. The highest BCUT2D eigenvalue weighted by Gasteiger charge is 2.21. The van der Waals surface area contributed by atoms with Crippen molar-refractivity contribution in [2.24, 2.45) is 5.10 Å². The van der Waals surface area contributed by atoms with Gasteiger partial charge in [-0.15, -0.1) is 0 Å². The molecule has 39 heavy (non-hydrogen) atoms. The Hall–Kier alpha value is -5.06. The molecular weight excluding hydrogens is 507 g/mol. The van der Waals surface area contributed by atoms with E-state index in [9.17, 15) is 14.0 Å². The van der Waals surface area contributed by atoms with E-state index in [0.717, 1.165) is 0 Å². The minimum atomic E-state index is -0.561. The van der Waals surface area contributed by atoms with Crippen molar-refractivity contribution in [2.75, 3.05) is 28.4 Å². The van der Waals surface area contributed by atoms with Crippen LogP contribution in [0.15, 0.2) is 70.6 Å². The lowest BCUT2D eigenvalue weighted by atomic mass is 10.1. The van der Waals surface area contributed by atoms with E-state index in [0.29, 0.717) is 39.9 Å². The first-order valence-corrected chi connectivity index (χ1v) is 11.7. The molecule has 0 bridgehead atoms. The molecule has 0 spiro atoms. The summed E-state index contributed by atoms with van der Waals surface area (Å²) >= 11 is 0. The minimum absolute atomic E-state index is 0.203. The molecule has 1 heterocycles. The Balaban J connectivity index is 1.75. The van der Waals surface area contributed by atoms with Crippen LogP contribution in [0, 0.1) is 5.82 Å². The molecule has 202 valence electrons. The molecule has 0 saturated carbocycles. The van der Waals surface area contributed by atoms with Gasteiger partial charge < -0.3 is 18.9 Å². The predicted molar refractivity (Wildman–Crippen MR) is 144 cm³/mol. The van der Waals surface area contributed by atoms with Crippen LogP contribution < -0.4 is 29.9 Å². The molecule has 10 nitrogen and oxygen atoms in total. The summed E-state index contributed by atoms with van der Waals surface area (Å²) in [6.07, 6.45) is 0. The molecule has 0 aliphatic rings. The van der Waals surface area contributed by atoms with Crippen LogP contribution in [-0.4, -0.2) is 49.8 Å². The number of rotatable bonds is 9. The van der Waals surface area contributed by atoms with E-state index in [1.165, 1.54) is 62.4 Å². The van der Waals surface area contributed by atoms with Gasteiger partial charge in [0, 0.05) is 11.1 Å². The molecule has 0 radical (unpaired) electrons. The number of ether oxygens (including phenoxy) is 4. The van der Waals surface area contributed by atoms with Crippen LogP contribution in [0.25, 0.3) is 16.9 Å². The number of aromatic nitrogens is 2. The third kappa shape index (κ3) is 5.47. The van der Waals surface area contributed by atoms with Gasteiger partial charge in [-0.2, -0.15) is 5.10 Å². The van der Waals surface area contributed by atoms with Crippen molar-refractivity contribution in [1.29, 1.82) is 0 Å². The van der Waals surface area contributed by atoms with Crippen LogP contribution in [0.4, 0.5) is 4.39 Å². The zero-order valence-electron chi connectivity index (χ0n) is 22.0. The summed E-state index contributed by atoms with van der Waals surface area (Å²) in [5.41, 5.74) is 4.27. The average Bonchev–Trinajstić information content (AvgIpc) is 3.32. The SMILES string of the molecule is COc1ccc(-c2[nH]n(-c3ccc(F)cc3)c(=O)c2C(C)=NNC(=O)c2cc(OC)c(OC)c(OC)c2)cc1. The summed E-state index contributed by atoms with van der Waals surface area (Å²) in [5, 5.41) is 7.30. The number of amides is 1. The summed E-state index contributed by atoms with van der Waals surface area (Å²) in [4.78, 5) is 26.5. The van der Waals surface area contributed by atoms with Crippen molar-refractivity contribution in [3.8, 4) is 39.9 Å². The van der Waals surface area contributed by atoms with Gasteiger partial charge in [0.15, 0.2) is 11.5 Å². The maximum atomic E-state index is 13.5. The Morgan fingerprint density at radius 1 is 0.897 bits per heavy atom. The number of hydrazone groups is 1. The first kappa shape index (κ1) is 27.0. The van der Waals surface area contributed by atoms with E-state index < -0.39 is 17.3 Å². The second kappa shape index (κ2) is 11.5. The monoisotopic (exact) mass is 534 g/mol. The highest BCUT2D eigenvalue weighted by molar-refractivity contribution is 6.05. The van der Waals surface area contributed by atoms with Gasteiger partial charge in [-0.3, -0.25) is 14.7 Å². The van der Waals surface area contributed by atoms with Crippen molar-refractivity contribution >= 4 is 11.6 Å². The molecule has 1 amide bonds. The largest absolute Gasteiger partial charge is 0.497 e. The molecular formula is C28H27FN4O6. The topological polar surface area (TPSA) is 116 Å². The molecule has 0 aliphatic carbocycles. The number of carbonyl (C=O) groups is 1. The highest BCUT2D eigenvalue weighted by Crippen LogP contribution is 2.38. The molecule has 2 N–H and O–H groups in total. The fraction of sp³-hybridized carbons (Fsp3) is 0.179.